The van der Waals surface area contributed by atoms with Crippen LogP contribution in [-0.4, -0.2) is 37.9 Å². The van der Waals surface area contributed by atoms with Gasteiger partial charge in [0.15, 0.2) is 0 Å². The Kier molecular flexibility index (Phi) is 3.35. The normalized spacial score (nSPS) is 19.7. The predicted molar refractivity (Wildman–Crippen MR) is 57.2 cm³/mol. The summed E-state index contributed by atoms with van der Waals surface area (Å²) >= 11 is 0. The van der Waals surface area contributed by atoms with Gasteiger partial charge < -0.3 is 5.11 Å². The molecule has 2 amide bonds. The van der Waals surface area contributed by atoms with Crippen molar-refractivity contribution in [1.29, 1.82) is 0 Å². The van der Waals surface area contributed by atoms with E-state index in [0.717, 1.165) is 0 Å². The minimum absolute atomic E-state index is 0.259. The van der Waals surface area contributed by atoms with Crippen molar-refractivity contribution >= 4 is 17.8 Å². The van der Waals surface area contributed by atoms with Crippen LogP contribution in [0.3, 0.4) is 0 Å². The van der Waals surface area contributed by atoms with E-state index in [4.69, 9.17) is 5.11 Å². The van der Waals surface area contributed by atoms with E-state index >= 15 is 0 Å². The van der Waals surface area contributed by atoms with E-state index in [1.165, 1.54) is 10.9 Å². The number of nitrogens with one attached hydrogen (secondary N) is 1. The summed E-state index contributed by atoms with van der Waals surface area (Å²) in [5.74, 6) is -1.88. The van der Waals surface area contributed by atoms with E-state index in [0.29, 0.717) is 25.0 Å². The van der Waals surface area contributed by atoms with Crippen LogP contribution in [0.25, 0.3) is 0 Å². The molecule has 0 bridgehead atoms. The van der Waals surface area contributed by atoms with Gasteiger partial charge in [0.2, 0.25) is 11.8 Å². The number of carboxylic acids is 1. The van der Waals surface area contributed by atoms with Gasteiger partial charge in [-0.05, 0) is 6.42 Å². The van der Waals surface area contributed by atoms with Gasteiger partial charge in [-0.3, -0.25) is 19.7 Å². The third-order valence-corrected chi connectivity index (χ3v) is 2.69. The van der Waals surface area contributed by atoms with Gasteiger partial charge in [-0.15, -0.1) is 5.10 Å². The van der Waals surface area contributed by atoms with E-state index in [-0.39, 0.29) is 24.3 Å². The predicted octanol–water partition coefficient (Wildman–Crippen LogP) is -1.04. The highest BCUT2D eigenvalue weighted by Gasteiger charge is 2.27. The molecule has 0 saturated carbocycles. The minimum atomic E-state index is -1.01. The van der Waals surface area contributed by atoms with E-state index in [2.05, 4.69) is 15.6 Å². The first-order chi connectivity index (χ1) is 8.54. The van der Waals surface area contributed by atoms with E-state index in [9.17, 15) is 14.4 Å². The molecule has 8 nitrogen and oxygen atoms in total. The molecule has 0 radical (unpaired) electrons. The second-order valence-corrected chi connectivity index (χ2v) is 4.15. The molecular formula is C10H12N4O4. The number of carbonyl (C=O) groups excluding carboxylic acids is 2. The average molecular weight is 252 g/mol. The first-order valence-corrected chi connectivity index (χ1v) is 5.49. The summed E-state index contributed by atoms with van der Waals surface area (Å²) in [6.07, 6.45) is 2.66. The number of nitrogens with zero attached hydrogens (tertiary/aromatic N) is 3. The molecule has 8 heteroatoms. The Labute approximate surface area is 102 Å². The Balaban J connectivity index is 1.97. The molecule has 1 atom stereocenters. The standard InChI is InChI=1S/C10H12N4O4/c15-8-2-1-6(10(18)11-8)3-7-4-14(13-12-7)5-9(16)17/h4,6H,1-3,5H2,(H,16,17)(H,11,15,18). The fourth-order valence-corrected chi connectivity index (χ4v) is 1.83. The minimum Gasteiger partial charge on any atom is -0.480 e. The molecule has 1 fully saturated rings. The van der Waals surface area contributed by atoms with Gasteiger partial charge in [-0.2, -0.15) is 0 Å². The number of rotatable bonds is 4. The summed E-state index contributed by atoms with van der Waals surface area (Å²) < 4.78 is 1.20. The number of hydrogen-bond donors (Lipinski definition) is 2. The van der Waals surface area contributed by atoms with E-state index in [1.54, 1.807) is 0 Å². The summed E-state index contributed by atoms with van der Waals surface area (Å²) in [6, 6.07) is 0. The second-order valence-electron chi connectivity index (χ2n) is 4.15. The van der Waals surface area contributed by atoms with Gasteiger partial charge >= 0.3 is 5.97 Å². The van der Waals surface area contributed by atoms with Crippen molar-refractivity contribution in [3.05, 3.63) is 11.9 Å². The smallest absolute Gasteiger partial charge is 0.325 e. The maximum absolute atomic E-state index is 11.5. The van der Waals surface area contributed by atoms with Crippen LogP contribution in [0, 0.1) is 5.92 Å². The Hall–Kier alpha value is -2.25. The topological polar surface area (TPSA) is 114 Å². The highest BCUT2D eigenvalue weighted by Crippen LogP contribution is 2.16. The lowest BCUT2D eigenvalue weighted by Gasteiger charge is -2.19. The van der Waals surface area contributed by atoms with Crippen molar-refractivity contribution in [2.24, 2.45) is 5.92 Å². The Morgan fingerprint density at radius 3 is 3.00 bits per heavy atom. The van der Waals surface area contributed by atoms with Crippen molar-refractivity contribution in [1.82, 2.24) is 20.3 Å². The fourth-order valence-electron chi connectivity index (χ4n) is 1.83. The van der Waals surface area contributed by atoms with Crippen LogP contribution < -0.4 is 5.32 Å². The molecular weight excluding hydrogens is 240 g/mol. The largest absolute Gasteiger partial charge is 0.480 e. The maximum atomic E-state index is 11.5. The molecule has 1 saturated heterocycles. The van der Waals surface area contributed by atoms with Gasteiger partial charge in [0, 0.05) is 25.0 Å². The number of aliphatic carboxylic acids is 1. The molecule has 1 aromatic rings. The number of imide groups is 1. The van der Waals surface area contributed by atoms with Gasteiger partial charge in [0.1, 0.15) is 6.54 Å². The van der Waals surface area contributed by atoms with Crippen LogP contribution >= 0.6 is 0 Å². The summed E-state index contributed by atoms with van der Waals surface area (Å²) in [5, 5.41) is 18.3. The number of piperidine rings is 1. The van der Waals surface area contributed by atoms with Crippen molar-refractivity contribution < 1.29 is 19.5 Å². The Bertz CT molecular complexity index is 496. The number of carbonyl (C=O) groups is 3. The lowest BCUT2D eigenvalue weighted by atomic mass is 9.94. The zero-order valence-electron chi connectivity index (χ0n) is 9.50. The van der Waals surface area contributed by atoms with Gasteiger partial charge in [0.05, 0.1) is 5.69 Å². The van der Waals surface area contributed by atoms with Crippen LogP contribution in [0.1, 0.15) is 18.5 Å². The van der Waals surface area contributed by atoms with E-state index < -0.39 is 5.97 Å². The Morgan fingerprint density at radius 2 is 2.33 bits per heavy atom. The van der Waals surface area contributed by atoms with E-state index in [1.807, 2.05) is 0 Å². The highest BCUT2D eigenvalue weighted by atomic mass is 16.4. The fraction of sp³-hybridized carbons (Fsp3) is 0.500. The van der Waals surface area contributed by atoms with Crippen molar-refractivity contribution in [2.75, 3.05) is 0 Å². The molecule has 2 N–H and O–H groups in total. The van der Waals surface area contributed by atoms with Gasteiger partial charge in [-0.1, -0.05) is 5.21 Å². The quantitative estimate of drug-likeness (QED) is 0.661. The number of amides is 2. The lowest BCUT2D eigenvalue weighted by Crippen LogP contribution is -2.41. The van der Waals surface area contributed by atoms with Crippen LogP contribution in [0.15, 0.2) is 6.20 Å². The summed E-state index contributed by atoms with van der Waals surface area (Å²) in [6.45, 7) is -0.262. The highest BCUT2D eigenvalue weighted by molar-refractivity contribution is 5.98. The molecule has 18 heavy (non-hydrogen) atoms. The number of aromatic nitrogens is 3. The SMILES string of the molecule is O=C(O)Cn1cc(CC2CCC(=O)NC2=O)nn1. The van der Waals surface area contributed by atoms with Crippen LogP contribution in [0.2, 0.25) is 0 Å². The average Bonchev–Trinajstić information content (AvgIpc) is 2.69. The molecule has 2 rings (SSSR count). The Morgan fingerprint density at radius 1 is 1.56 bits per heavy atom. The van der Waals surface area contributed by atoms with Crippen molar-refractivity contribution in [3.8, 4) is 0 Å². The molecule has 0 aromatic carbocycles. The number of carboxylic acid groups (broad SMARTS) is 1. The maximum Gasteiger partial charge on any atom is 0.325 e. The van der Waals surface area contributed by atoms with Gasteiger partial charge in [-0.25, -0.2) is 4.68 Å². The molecule has 1 aromatic heterocycles. The zero-order chi connectivity index (χ0) is 13.1. The summed E-state index contributed by atoms with van der Waals surface area (Å²) in [5.41, 5.74) is 0.547. The molecule has 1 unspecified atom stereocenters. The first-order valence-electron chi connectivity index (χ1n) is 5.49. The second kappa shape index (κ2) is 4.94. The molecule has 1 aliphatic rings. The summed E-state index contributed by atoms with van der Waals surface area (Å²) in [4.78, 5) is 32.9. The van der Waals surface area contributed by atoms with Gasteiger partial charge in [0.25, 0.3) is 0 Å². The first kappa shape index (κ1) is 12.2. The molecule has 0 spiro atoms. The molecule has 2 heterocycles. The molecule has 96 valence electrons. The van der Waals surface area contributed by atoms with Crippen molar-refractivity contribution in [2.45, 2.75) is 25.8 Å². The molecule has 1 aliphatic heterocycles. The third kappa shape index (κ3) is 2.90. The number of hydrogen-bond acceptors (Lipinski definition) is 5. The zero-order valence-corrected chi connectivity index (χ0v) is 9.50. The monoisotopic (exact) mass is 252 g/mol. The summed E-state index contributed by atoms with van der Waals surface area (Å²) in [7, 11) is 0. The lowest BCUT2D eigenvalue weighted by molar-refractivity contribution is -0.138. The third-order valence-electron chi connectivity index (χ3n) is 2.69. The molecule has 0 aliphatic carbocycles. The van der Waals surface area contributed by atoms with Crippen LogP contribution in [-0.2, 0) is 27.3 Å². The van der Waals surface area contributed by atoms with Crippen molar-refractivity contribution in [3.63, 3.8) is 0 Å². The van der Waals surface area contributed by atoms with Crippen LogP contribution in [0.5, 0.6) is 0 Å². The van der Waals surface area contributed by atoms with Crippen LogP contribution in [0.4, 0.5) is 0 Å².